The molecule has 1 aromatic heterocycles. The van der Waals surface area contributed by atoms with E-state index in [1.807, 2.05) is 30.5 Å². The van der Waals surface area contributed by atoms with Crippen molar-refractivity contribution < 1.29 is 13.2 Å². The Morgan fingerprint density at radius 1 is 1.19 bits per heavy atom. The van der Waals surface area contributed by atoms with Gasteiger partial charge in [-0.25, -0.2) is 8.42 Å². The molecule has 0 unspecified atom stereocenters. The fraction of sp³-hybridized carbons (Fsp3) is 0.286. The van der Waals surface area contributed by atoms with E-state index in [0.29, 0.717) is 33.9 Å². The van der Waals surface area contributed by atoms with Gasteiger partial charge in [-0.1, -0.05) is 47.6 Å². The van der Waals surface area contributed by atoms with Crippen molar-refractivity contribution in [2.45, 2.75) is 32.1 Å². The van der Waals surface area contributed by atoms with Crippen molar-refractivity contribution in [1.29, 1.82) is 0 Å². The number of thioether (sulfide) groups is 1. The van der Waals surface area contributed by atoms with Crippen LogP contribution in [0.15, 0.2) is 53.7 Å². The van der Waals surface area contributed by atoms with Crippen LogP contribution in [-0.4, -0.2) is 41.1 Å². The van der Waals surface area contributed by atoms with Crippen LogP contribution in [0, 0.1) is 6.92 Å². The van der Waals surface area contributed by atoms with E-state index in [9.17, 15) is 13.2 Å². The maximum absolute atomic E-state index is 12.4. The molecule has 0 bridgehead atoms. The predicted octanol–water partition coefficient (Wildman–Crippen LogP) is 3.96. The molecule has 0 radical (unpaired) electrons. The molecule has 0 aliphatic carbocycles. The van der Waals surface area contributed by atoms with Crippen LogP contribution in [0.1, 0.15) is 18.3 Å². The highest BCUT2D eigenvalue weighted by atomic mass is 35.5. The van der Waals surface area contributed by atoms with Gasteiger partial charge in [-0.3, -0.25) is 9.10 Å². The average Bonchev–Trinajstić information content (AvgIpc) is 3.14. The lowest BCUT2D eigenvalue weighted by Crippen LogP contribution is -2.30. The Morgan fingerprint density at radius 3 is 2.53 bits per heavy atom. The summed E-state index contributed by atoms with van der Waals surface area (Å²) in [6, 6.07) is 14.2. The highest BCUT2D eigenvalue weighted by molar-refractivity contribution is 7.99. The second kappa shape index (κ2) is 10.4. The standard InChI is InChI=1S/C21H24ClN5O3S2/c1-4-26-19(13-27(32(3,29)30)17-8-6-5-7-9-17)24-25-21(26)31-14-20(28)23-16-11-10-15(2)18(22)12-16/h5-12H,4,13-14H2,1-3H3,(H,23,28). The summed E-state index contributed by atoms with van der Waals surface area (Å²) in [4.78, 5) is 12.4. The van der Waals surface area contributed by atoms with Crippen molar-refractivity contribution in [1.82, 2.24) is 14.8 Å². The number of aromatic nitrogens is 3. The number of benzene rings is 2. The third kappa shape index (κ3) is 6.02. The van der Waals surface area contributed by atoms with Crippen LogP contribution >= 0.6 is 23.4 Å². The molecule has 1 amide bonds. The number of nitrogens with zero attached hydrogens (tertiary/aromatic N) is 4. The van der Waals surface area contributed by atoms with Gasteiger partial charge < -0.3 is 9.88 Å². The normalized spacial score (nSPS) is 11.4. The van der Waals surface area contributed by atoms with Crippen molar-refractivity contribution in [3.05, 3.63) is 64.9 Å². The molecule has 0 saturated carbocycles. The van der Waals surface area contributed by atoms with Gasteiger partial charge in [-0.15, -0.1) is 10.2 Å². The Hall–Kier alpha value is -2.56. The molecule has 2 aromatic carbocycles. The number of amides is 1. The first kappa shape index (κ1) is 24.1. The summed E-state index contributed by atoms with van der Waals surface area (Å²) < 4.78 is 27.8. The molecule has 3 aromatic rings. The molecule has 8 nitrogen and oxygen atoms in total. The smallest absolute Gasteiger partial charge is 0.234 e. The minimum absolute atomic E-state index is 0.0400. The summed E-state index contributed by atoms with van der Waals surface area (Å²) in [6.45, 7) is 4.38. The highest BCUT2D eigenvalue weighted by Gasteiger charge is 2.22. The second-order valence-electron chi connectivity index (χ2n) is 7.05. The number of carbonyl (C=O) groups excluding carboxylic acids is 1. The number of sulfonamides is 1. The minimum atomic E-state index is -3.53. The van der Waals surface area contributed by atoms with Crippen LogP contribution in [0.25, 0.3) is 0 Å². The number of rotatable bonds is 9. The van der Waals surface area contributed by atoms with Crippen LogP contribution in [0.3, 0.4) is 0 Å². The molecule has 1 N–H and O–H groups in total. The van der Waals surface area contributed by atoms with Gasteiger partial charge in [0.05, 0.1) is 24.2 Å². The average molecular weight is 494 g/mol. The monoisotopic (exact) mass is 493 g/mol. The number of carbonyl (C=O) groups is 1. The van der Waals surface area contributed by atoms with Crippen molar-refractivity contribution in [2.75, 3.05) is 21.6 Å². The maximum atomic E-state index is 12.4. The van der Waals surface area contributed by atoms with Gasteiger partial charge >= 0.3 is 0 Å². The molecule has 0 fully saturated rings. The third-order valence-corrected chi connectivity index (χ3v) is 7.14. The van der Waals surface area contributed by atoms with E-state index in [1.165, 1.54) is 16.1 Å². The zero-order valence-electron chi connectivity index (χ0n) is 17.9. The van der Waals surface area contributed by atoms with Crippen LogP contribution in [0.2, 0.25) is 5.02 Å². The lowest BCUT2D eigenvalue weighted by Gasteiger charge is -2.22. The summed E-state index contributed by atoms with van der Waals surface area (Å²) in [6.07, 6.45) is 1.16. The van der Waals surface area contributed by atoms with E-state index >= 15 is 0 Å². The first-order valence-electron chi connectivity index (χ1n) is 9.82. The number of para-hydroxylation sites is 1. The van der Waals surface area contributed by atoms with Gasteiger partial charge in [0.15, 0.2) is 11.0 Å². The van der Waals surface area contributed by atoms with E-state index in [1.54, 1.807) is 36.4 Å². The molecule has 0 atom stereocenters. The molecule has 0 saturated heterocycles. The van der Waals surface area contributed by atoms with Crippen molar-refractivity contribution >= 4 is 50.7 Å². The summed E-state index contributed by atoms with van der Waals surface area (Å²) in [5, 5.41) is 12.3. The first-order chi connectivity index (χ1) is 15.2. The fourth-order valence-electron chi connectivity index (χ4n) is 2.98. The van der Waals surface area contributed by atoms with Gasteiger partial charge in [0, 0.05) is 17.3 Å². The van der Waals surface area contributed by atoms with Gasteiger partial charge in [0.1, 0.15) is 0 Å². The van der Waals surface area contributed by atoms with Gasteiger partial charge in [0.2, 0.25) is 15.9 Å². The lowest BCUT2D eigenvalue weighted by molar-refractivity contribution is -0.113. The lowest BCUT2D eigenvalue weighted by atomic mass is 10.2. The van der Waals surface area contributed by atoms with Crippen molar-refractivity contribution in [3.63, 3.8) is 0 Å². The number of hydrogen-bond donors (Lipinski definition) is 1. The molecule has 170 valence electrons. The Kier molecular flexibility index (Phi) is 7.81. The molecular weight excluding hydrogens is 470 g/mol. The molecule has 0 aliphatic rings. The Bertz CT molecular complexity index is 1200. The summed E-state index contributed by atoms with van der Waals surface area (Å²) in [5.41, 5.74) is 2.10. The van der Waals surface area contributed by atoms with Crippen molar-refractivity contribution in [3.8, 4) is 0 Å². The Morgan fingerprint density at radius 2 is 1.91 bits per heavy atom. The van der Waals surface area contributed by atoms with E-state index in [0.717, 1.165) is 11.8 Å². The zero-order valence-corrected chi connectivity index (χ0v) is 20.3. The Balaban J connectivity index is 1.71. The van der Waals surface area contributed by atoms with Crippen LogP contribution in [0.4, 0.5) is 11.4 Å². The largest absolute Gasteiger partial charge is 0.325 e. The SMILES string of the molecule is CCn1c(CN(c2ccccc2)S(C)(=O)=O)nnc1SCC(=O)Nc1ccc(C)c(Cl)c1. The number of hydrogen-bond acceptors (Lipinski definition) is 6. The van der Waals surface area contributed by atoms with Crippen LogP contribution in [0.5, 0.6) is 0 Å². The predicted molar refractivity (Wildman–Crippen MR) is 129 cm³/mol. The molecule has 11 heteroatoms. The molecule has 0 aliphatic heterocycles. The van der Waals surface area contributed by atoms with E-state index in [2.05, 4.69) is 15.5 Å². The van der Waals surface area contributed by atoms with Crippen LogP contribution < -0.4 is 9.62 Å². The van der Waals surface area contributed by atoms with Gasteiger partial charge in [-0.2, -0.15) is 0 Å². The maximum Gasteiger partial charge on any atom is 0.234 e. The molecule has 32 heavy (non-hydrogen) atoms. The Labute approximate surface area is 197 Å². The van der Waals surface area contributed by atoms with Gasteiger partial charge in [-0.05, 0) is 43.7 Å². The number of halogens is 1. The van der Waals surface area contributed by atoms with Crippen molar-refractivity contribution in [2.24, 2.45) is 0 Å². The molecular formula is C21H24ClN5O3S2. The summed E-state index contributed by atoms with van der Waals surface area (Å²) >= 11 is 7.34. The minimum Gasteiger partial charge on any atom is -0.325 e. The molecule has 3 rings (SSSR count). The van der Waals surface area contributed by atoms with E-state index in [4.69, 9.17) is 11.6 Å². The highest BCUT2D eigenvalue weighted by Crippen LogP contribution is 2.24. The number of aryl methyl sites for hydroxylation is 1. The van der Waals surface area contributed by atoms with Gasteiger partial charge in [0.25, 0.3) is 0 Å². The fourth-order valence-corrected chi connectivity index (χ4v) is 4.84. The molecule has 1 heterocycles. The number of anilines is 2. The van der Waals surface area contributed by atoms with E-state index < -0.39 is 10.0 Å². The number of nitrogens with one attached hydrogen (secondary N) is 1. The summed E-state index contributed by atoms with van der Waals surface area (Å²) in [7, 11) is -3.53. The van der Waals surface area contributed by atoms with E-state index in [-0.39, 0.29) is 18.2 Å². The second-order valence-corrected chi connectivity index (χ2v) is 10.3. The first-order valence-corrected chi connectivity index (χ1v) is 13.0. The quantitative estimate of drug-likeness (QED) is 0.453. The molecule has 0 spiro atoms. The third-order valence-electron chi connectivity index (χ3n) is 4.63. The zero-order chi connectivity index (χ0) is 23.3. The topological polar surface area (TPSA) is 97.2 Å². The summed E-state index contributed by atoms with van der Waals surface area (Å²) in [5.74, 6) is 0.414. The van der Waals surface area contributed by atoms with Crippen LogP contribution in [-0.2, 0) is 27.9 Å².